The SMILES string of the molecule is O=C(O[C@H](C(=O)O)[C@H](OC(=O)c1ccccc1)C(=O)Nc1cccc(Br)c1)c1ccccc1. The van der Waals surface area contributed by atoms with Crippen LogP contribution in [0.25, 0.3) is 0 Å². The van der Waals surface area contributed by atoms with Crippen LogP contribution >= 0.6 is 15.9 Å². The molecule has 0 unspecified atom stereocenters. The maximum atomic E-state index is 13.0. The first-order valence-electron chi connectivity index (χ1n) is 9.66. The number of halogens is 1. The monoisotopic (exact) mass is 511 g/mol. The van der Waals surface area contributed by atoms with Crippen LogP contribution in [0.1, 0.15) is 20.7 Å². The Labute approximate surface area is 197 Å². The molecule has 2 atom stereocenters. The van der Waals surface area contributed by atoms with E-state index in [-0.39, 0.29) is 11.1 Å². The largest absolute Gasteiger partial charge is 0.478 e. The molecule has 0 radical (unpaired) electrons. The van der Waals surface area contributed by atoms with Gasteiger partial charge in [0.25, 0.3) is 5.91 Å². The first-order valence-corrected chi connectivity index (χ1v) is 10.5. The molecule has 33 heavy (non-hydrogen) atoms. The molecule has 168 valence electrons. The Bertz CT molecular complexity index is 1150. The van der Waals surface area contributed by atoms with Gasteiger partial charge in [-0.3, -0.25) is 4.79 Å². The van der Waals surface area contributed by atoms with E-state index in [4.69, 9.17) is 9.47 Å². The van der Waals surface area contributed by atoms with Crippen LogP contribution in [0.15, 0.2) is 89.4 Å². The smallest absolute Gasteiger partial charge is 0.349 e. The van der Waals surface area contributed by atoms with Gasteiger partial charge in [-0.2, -0.15) is 0 Å². The molecule has 3 aromatic carbocycles. The second kappa shape index (κ2) is 11.1. The fourth-order valence-electron chi connectivity index (χ4n) is 2.79. The van der Waals surface area contributed by atoms with E-state index < -0.39 is 36.0 Å². The molecule has 0 spiro atoms. The molecule has 0 aliphatic carbocycles. The van der Waals surface area contributed by atoms with E-state index in [1.165, 1.54) is 24.3 Å². The van der Waals surface area contributed by atoms with Gasteiger partial charge in [0.05, 0.1) is 11.1 Å². The van der Waals surface area contributed by atoms with Crippen molar-refractivity contribution in [3.8, 4) is 0 Å². The number of esters is 2. The van der Waals surface area contributed by atoms with E-state index in [9.17, 15) is 24.3 Å². The zero-order chi connectivity index (χ0) is 23.8. The maximum absolute atomic E-state index is 13.0. The van der Waals surface area contributed by atoms with Crippen molar-refractivity contribution >= 4 is 45.4 Å². The number of carbonyl (C=O) groups is 4. The summed E-state index contributed by atoms with van der Waals surface area (Å²) >= 11 is 3.27. The first kappa shape index (κ1) is 23.7. The van der Waals surface area contributed by atoms with Crippen molar-refractivity contribution in [2.45, 2.75) is 12.2 Å². The van der Waals surface area contributed by atoms with E-state index in [2.05, 4.69) is 21.2 Å². The number of nitrogens with one attached hydrogen (secondary N) is 1. The van der Waals surface area contributed by atoms with E-state index in [1.807, 2.05) is 0 Å². The highest BCUT2D eigenvalue weighted by atomic mass is 79.9. The third kappa shape index (κ3) is 6.50. The summed E-state index contributed by atoms with van der Waals surface area (Å²) in [7, 11) is 0. The van der Waals surface area contributed by atoms with Crippen molar-refractivity contribution < 1.29 is 33.8 Å². The minimum Gasteiger partial charge on any atom is -0.478 e. The summed E-state index contributed by atoms with van der Waals surface area (Å²) in [5.41, 5.74) is 0.481. The number of benzene rings is 3. The van der Waals surface area contributed by atoms with E-state index in [0.717, 1.165) is 0 Å². The van der Waals surface area contributed by atoms with Gasteiger partial charge >= 0.3 is 17.9 Å². The summed E-state index contributed by atoms with van der Waals surface area (Å²) in [5, 5.41) is 12.2. The molecule has 0 aromatic heterocycles. The molecule has 9 heteroatoms. The Balaban J connectivity index is 1.90. The van der Waals surface area contributed by atoms with Crippen LogP contribution in [0.4, 0.5) is 5.69 Å². The Kier molecular flexibility index (Phi) is 7.93. The third-order valence-electron chi connectivity index (χ3n) is 4.36. The molecule has 2 N–H and O–H groups in total. The quantitative estimate of drug-likeness (QED) is 0.439. The zero-order valence-corrected chi connectivity index (χ0v) is 18.6. The van der Waals surface area contributed by atoms with Crippen LogP contribution < -0.4 is 5.32 Å². The van der Waals surface area contributed by atoms with Crippen LogP contribution in [-0.2, 0) is 19.1 Å². The molecule has 3 rings (SSSR count). The zero-order valence-electron chi connectivity index (χ0n) is 17.0. The van der Waals surface area contributed by atoms with Gasteiger partial charge in [0.2, 0.25) is 12.2 Å². The van der Waals surface area contributed by atoms with Crippen LogP contribution in [0.2, 0.25) is 0 Å². The highest BCUT2D eigenvalue weighted by Crippen LogP contribution is 2.19. The maximum Gasteiger partial charge on any atom is 0.349 e. The van der Waals surface area contributed by atoms with Crippen molar-refractivity contribution in [2.75, 3.05) is 5.32 Å². The highest BCUT2D eigenvalue weighted by molar-refractivity contribution is 9.10. The van der Waals surface area contributed by atoms with Gasteiger partial charge in [-0.05, 0) is 42.5 Å². The van der Waals surface area contributed by atoms with Crippen molar-refractivity contribution in [3.05, 3.63) is 101 Å². The predicted molar refractivity (Wildman–Crippen MR) is 122 cm³/mol. The molecule has 0 saturated carbocycles. The van der Waals surface area contributed by atoms with Crippen molar-refractivity contribution in [1.29, 1.82) is 0 Å². The second-order valence-electron chi connectivity index (χ2n) is 6.72. The number of rotatable bonds is 8. The van der Waals surface area contributed by atoms with Crippen LogP contribution in [0.5, 0.6) is 0 Å². The predicted octanol–water partition coefficient (Wildman–Crippen LogP) is 3.92. The van der Waals surface area contributed by atoms with Crippen LogP contribution in [-0.4, -0.2) is 41.1 Å². The first-order chi connectivity index (χ1) is 15.8. The van der Waals surface area contributed by atoms with Crippen molar-refractivity contribution in [1.82, 2.24) is 0 Å². The lowest BCUT2D eigenvalue weighted by Crippen LogP contribution is -2.48. The minimum absolute atomic E-state index is 0.0734. The van der Waals surface area contributed by atoms with Gasteiger partial charge in [-0.1, -0.05) is 58.4 Å². The summed E-state index contributed by atoms with van der Waals surface area (Å²) in [4.78, 5) is 50.1. The number of carboxylic acid groups (broad SMARTS) is 1. The third-order valence-corrected chi connectivity index (χ3v) is 4.85. The topological polar surface area (TPSA) is 119 Å². The molecular formula is C24H18BrNO7. The summed E-state index contributed by atoms with van der Waals surface area (Å²) in [5.74, 6) is -4.58. The molecule has 0 heterocycles. The van der Waals surface area contributed by atoms with Gasteiger partial charge in [0.15, 0.2) is 0 Å². The standard InChI is InChI=1S/C24H18BrNO7/c25-17-12-7-13-18(14-17)26-21(27)19(32-23(30)15-8-3-1-4-9-15)20(22(28)29)33-24(31)16-10-5-2-6-11-16/h1-14,19-20H,(H,26,27)(H,28,29)/t19-,20-/m0/s1. The molecule has 3 aromatic rings. The Morgan fingerprint density at radius 1 is 0.727 bits per heavy atom. The summed E-state index contributed by atoms with van der Waals surface area (Å²) in [6, 6.07) is 21.9. The number of amides is 1. The molecule has 8 nitrogen and oxygen atoms in total. The number of hydrogen-bond donors (Lipinski definition) is 2. The Hall–Kier alpha value is -3.98. The number of anilines is 1. The molecule has 0 aliphatic heterocycles. The normalized spacial score (nSPS) is 12.2. The molecule has 0 fully saturated rings. The number of hydrogen-bond acceptors (Lipinski definition) is 6. The molecule has 1 amide bonds. The molecule has 0 aliphatic rings. The van der Waals surface area contributed by atoms with Crippen molar-refractivity contribution in [2.24, 2.45) is 0 Å². The summed E-state index contributed by atoms with van der Waals surface area (Å²) in [6.45, 7) is 0. The van der Waals surface area contributed by atoms with E-state index >= 15 is 0 Å². The van der Waals surface area contributed by atoms with Crippen molar-refractivity contribution in [3.63, 3.8) is 0 Å². The van der Waals surface area contributed by atoms with Crippen LogP contribution in [0, 0.1) is 0 Å². The number of carboxylic acids is 1. The molecular weight excluding hydrogens is 494 g/mol. The van der Waals surface area contributed by atoms with Gasteiger partial charge in [-0.25, -0.2) is 14.4 Å². The van der Waals surface area contributed by atoms with Crippen LogP contribution in [0.3, 0.4) is 0 Å². The van der Waals surface area contributed by atoms with Gasteiger partial charge < -0.3 is 19.9 Å². The van der Waals surface area contributed by atoms with E-state index in [1.54, 1.807) is 60.7 Å². The number of carbonyl (C=O) groups excluding carboxylic acids is 3. The highest BCUT2D eigenvalue weighted by Gasteiger charge is 2.41. The van der Waals surface area contributed by atoms with Gasteiger partial charge in [0.1, 0.15) is 0 Å². The number of aliphatic carboxylic acids is 1. The summed E-state index contributed by atoms with van der Waals surface area (Å²) < 4.78 is 11.0. The van der Waals surface area contributed by atoms with Gasteiger partial charge in [-0.15, -0.1) is 0 Å². The molecule has 0 bridgehead atoms. The average Bonchev–Trinajstić information content (AvgIpc) is 2.82. The average molecular weight is 512 g/mol. The number of ether oxygens (including phenoxy) is 2. The lowest BCUT2D eigenvalue weighted by Gasteiger charge is -2.23. The Morgan fingerprint density at radius 3 is 1.73 bits per heavy atom. The van der Waals surface area contributed by atoms with E-state index in [0.29, 0.717) is 10.2 Å². The Morgan fingerprint density at radius 2 is 1.24 bits per heavy atom. The van der Waals surface area contributed by atoms with Gasteiger partial charge in [0, 0.05) is 10.2 Å². The fraction of sp³-hybridized carbons (Fsp3) is 0.0833. The lowest BCUT2D eigenvalue weighted by atomic mass is 10.1. The second-order valence-corrected chi connectivity index (χ2v) is 7.64. The lowest BCUT2D eigenvalue weighted by molar-refractivity contribution is -0.157. The summed E-state index contributed by atoms with van der Waals surface area (Å²) in [6.07, 6.45) is -4.07. The minimum atomic E-state index is -2.10. The fourth-order valence-corrected chi connectivity index (χ4v) is 3.19. The molecule has 0 saturated heterocycles.